The van der Waals surface area contributed by atoms with Gasteiger partial charge in [-0.15, -0.1) is 0 Å². The summed E-state index contributed by atoms with van der Waals surface area (Å²) in [5, 5.41) is 18.8. The van der Waals surface area contributed by atoms with E-state index in [1.807, 2.05) is 24.3 Å². The third-order valence-corrected chi connectivity index (χ3v) is 6.80. The van der Waals surface area contributed by atoms with Crippen molar-refractivity contribution in [3.05, 3.63) is 77.6 Å². The second-order valence-electron chi connectivity index (χ2n) is 8.97. The number of aliphatic carboxylic acids is 1. The summed E-state index contributed by atoms with van der Waals surface area (Å²) < 4.78 is 6.95. The molecule has 1 aromatic heterocycles. The van der Waals surface area contributed by atoms with E-state index >= 15 is 0 Å². The third kappa shape index (κ3) is 4.49. The molecule has 2 aromatic carbocycles. The number of fused-ring (bicyclic) bond motifs is 3. The van der Waals surface area contributed by atoms with Gasteiger partial charge in [0.1, 0.15) is 6.61 Å². The van der Waals surface area contributed by atoms with Crippen LogP contribution in [-0.2, 0) is 21.4 Å². The van der Waals surface area contributed by atoms with E-state index in [9.17, 15) is 19.5 Å². The number of aryl methyl sites for hydroxylation is 1. The number of carbonyl (C=O) groups excluding carboxylic acids is 2. The second-order valence-corrected chi connectivity index (χ2v) is 8.97. The number of nitrogens with zero attached hydrogens (tertiary/aromatic N) is 2. The number of ether oxygens (including phenoxy) is 1. The monoisotopic (exact) mass is 474 g/mol. The highest BCUT2D eigenvalue weighted by atomic mass is 16.5. The molecular weight excluding hydrogens is 448 g/mol. The number of carboxylic acids is 1. The smallest absolute Gasteiger partial charge is 0.407 e. The Morgan fingerprint density at radius 1 is 1.09 bits per heavy atom. The van der Waals surface area contributed by atoms with Crippen molar-refractivity contribution >= 4 is 18.0 Å². The molecule has 0 saturated heterocycles. The first kappa shape index (κ1) is 22.6. The SMILES string of the molecule is Cn1nccc1C(NC(=O)C1CC1CNC(=O)OCC1c2ccccc2-c2ccccc21)C(=O)O. The molecule has 3 atom stereocenters. The number of hydrogen-bond donors (Lipinski definition) is 3. The van der Waals surface area contributed by atoms with Crippen LogP contribution in [0.2, 0.25) is 0 Å². The van der Waals surface area contributed by atoms with Gasteiger partial charge in [0.2, 0.25) is 5.91 Å². The zero-order chi connectivity index (χ0) is 24.5. The van der Waals surface area contributed by atoms with E-state index in [2.05, 4.69) is 40.0 Å². The van der Waals surface area contributed by atoms with E-state index in [4.69, 9.17) is 4.74 Å². The largest absolute Gasteiger partial charge is 0.479 e. The Labute approximate surface area is 202 Å². The standard InChI is InChI=1S/C26H26N4O5/c1-30-22(10-11-28-30)23(25(32)33)29-24(31)20-12-15(20)13-27-26(34)35-14-21-18-8-4-2-6-16(18)17-7-3-5-9-19(17)21/h2-11,15,20-21,23H,12-14H2,1H3,(H,27,34)(H,29,31)(H,32,33). The highest BCUT2D eigenvalue weighted by Crippen LogP contribution is 2.44. The van der Waals surface area contributed by atoms with Gasteiger partial charge in [-0.3, -0.25) is 9.48 Å². The number of amides is 2. The molecule has 2 aliphatic carbocycles. The van der Waals surface area contributed by atoms with Crippen molar-refractivity contribution in [3.8, 4) is 11.1 Å². The summed E-state index contributed by atoms with van der Waals surface area (Å²) in [5.74, 6) is -1.93. The topological polar surface area (TPSA) is 123 Å². The summed E-state index contributed by atoms with van der Waals surface area (Å²) in [6.07, 6.45) is 1.53. The highest BCUT2D eigenvalue weighted by molar-refractivity contribution is 5.87. The average Bonchev–Trinajstić information content (AvgIpc) is 3.41. The van der Waals surface area contributed by atoms with Crippen LogP contribution in [0.3, 0.4) is 0 Å². The molecule has 0 radical (unpaired) electrons. The van der Waals surface area contributed by atoms with Crippen LogP contribution in [0.4, 0.5) is 4.79 Å². The van der Waals surface area contributed by atoms with Gasteiger partial charge in [-0.05, 0) is 40.7 Å². The van der Waals surface area contributed by atoms with Gasteiger partial charge >= 0.3 is 12.1 Å². The zero-order valence-corrected chi connectivity index (χ0v) is 19.2. The Morgan fingerprint density at radius 3 is 2.34 bits per heavy atom. The van der Waals surface area contributed by atoms with Gasteiger partial charge in [0, 0.05) is 31.6 Å². The Balaban J connectivity index is 1.11. The van der Waals surface area contributed by atoms with E-state index < -0.39 is 18.1 Å². The molecule has 1 saturated carbocycles. The third-order valence-electron chi connectivity index (χ3n) is 6.80. The van der Waals surface area contributed by atoms with Gasteiger partial charge in [-0.2, -0.15) is 5.10 Å². The first-order chi connectivity index (χ1) is 16.9. The van der Waals surface area contributed by atoms with Crippen LogP contribution in [0.5, 0.6) is 0 Å². The van der Waals surface area contributed by atoms with Crippen LogP contribution >= 0.6 is 0 Å². The Hall–Kier alpha value is -4.14. The summed E-state index contributed by atoms with van der Waals surface area (Å²) >= 11 is 0. The van der Waals surface area contributed by atoms with Crippen molar-refractivity contribution in [2.45, 2.75) is 18.4 Å². The Morgan fingerprint density at radius 2 is 1.74 bits per heavy atom. The van der Waals surface area contributed by atoms with Crippen LogP contribution < -0.4 is 10.6 Å². The van der Waals surface area contributed by atoms with Crippen molar-refractivity contribution in [2.24, 2.45) is 18.9 Å². The fraction of sp³-hybridized carbons (Fsp3) is 0.308. The first-order valence-corrected chi connectivity index (χ1v) is 11.5. The Bertz CT molecular complexity index is 1240. The fourth-order valence-corrected chi connectivity index (χ4v) is 4.84. The molecule has 2 aliphatic rings. The molecule has 3 N–H and O–H groups in total. The normalized spacial score (nSPS) is 18.8. The molecule has 0 bridgehead atoms. The molecule has 2 amide bonds. The van der Waals surface area contributed by atoms with Crippen LogP contribution in [0.1, 0.15) is 35.2 Å². The van der Waals surface area contributed by atoms with Crippen LogP contribution in [-0.4, -0.2) is 46.0 Å². The first-order valence-electron chi connectivity index (χ1n) is 11.5. The maximum Gasteiger partial charge on any atom is 0.407 e. The van der Waals surface area contributed by atoms with E-state index in [-0.39, 0.29) is 36.8 Å². The minimum Gasteiger partial charge on any atom is -0.479 e. The lowest BCUT2D eigenvalue weighted by molar-refractivity contribution is -0.142. The van der Waals surface area contributed by atoms with Gasteiger partial charge in [0.15, 0.2) is 6.04 Å². The lowest BCUT2D eigenvalue weighted by Gasteiger charge is -2.15. The molecule has 5 rings (SSSR count). The van der Waals surface area contributed by atoms with Gasteiger partial charge in [-0.25, -0.2) is 9.59 Å². The van der Waals surface area contributed by atoms with E-state index in [0.29, 0.717) is 12.1 Å². The van der Waals surface area contributed by atoms with Gasteiger partial charge < -0.3 is 20.5 Å². The molecule has 1 heterocycles. The molecule has 9 heteroatoms. The second kappa shape index (κ2) is 9.25. The molecule has 3 aromatic rings. The molecule has 0 aliphatic heterocycles. The van der Waals surface area contributed by atoms with Crippen molar-refractivity contribution in [1.29, 1.82) is 0 Å². The van der Waals surface area contributed by atoms with Gasteiger partial charge in [-0.1, -0.05) is 48.5 Å². The van der Waals surface area contributed by atoms with Gasteiger partial charge in [0.25, 0.3) is 0 Å². The molecular formula is C26H26N4O5. The van der Waals surface area contributed by atoms with Crippen molar-refractivity contribution in [2.75, 3.05) is 13.2 Å². The maximum absolute atomic E-state index is 12.6. The number of benzene rings is 2. The maximum atomic E-state index is 12.6. The Kier molecular flexibility index (Phi) is 5.98. The summed E-state index contributed by atoms with van der Waals surface area (Å²) in [5.41, 5.74) is 4.99. The number of carbonyl (C=O) groups is 3. The van der Waals surface area contributed by atoms with E-state index in [1.165, 1.54) is 10.9 Å². The predicted molar refractivity (Wildman–Crippen MR) is 126 cm³/mol. The number of hydrogen-bond acceptors (Lipinski definition) is 5. The minimum atomic E-state index is -1.17. The number of carboxylic acid groups (broad SMARTS) is 1. The lowest BCUT2D eigenvalue weighted by atomic mass is 9.98. The number of nitrogens with one attached hydrogen (secondary N) is 2. The summed E-state index contributed by atoms with van der Waals surface area (Å²) in [6.45, 7) is 0.512. The molecule has 180 valence electrons. The number of rotatable bonds is 8. The van der Waals surface area contributed by atoms with Crippen LogP contribution in [0.25, 0.3) is 11.1 Å². The summed E-state index contributed by atoms with van der Waals surface area (Å²) in [7, 11) is 1.62. The fourth-order valence-electron chi connectivity index (χ4n) is 4.84. The van der Waals surface area contributed by atoms with Crippen molar-refractivity contribution in [1.82, 2.24) is 20.4 Å². The quantitative estimate of drug-likeness (QED) is 0.461. The summed E-state index contributed by atoms with van der Waals surface area (Å²) in [4.78, 5) is 36.6. The predicted octanol–water partition coefficient (Wildman–Crippen LogP) is 2.84. The molecule has 0 spiro atoms. The minimum absolute atomic E-state index is 0.0208. The molecule has 35 heavy (non-hydrogen) atoms. The molecule has 3 unspecified atom stereocenters. The zero-order valence-electron chi connectivity index (χ0n) is 19.2. The van der Waals surface area contributed by atoms with Crippen molar-refractivity contribution in [3.63, 3.8) is 0 Å². The number of alkyl carbamates (subject to hydrolysis) is 1. The van der Waals surface area contributed by atoms with Crippen molar-refractivity contribution < 1.29 is 24.2 Å². The molecule has 1 fully saturated rings. The lowest BCUT2D eigenvalue weighted by Crippen LogP contribution is -2.37. The van der Waals surface area contributed by atoms with Gasteiger partial charge in [0.05, 0.1) is 5.69 Å². The van der Waals surface area contributed by atoms with E-state index in [1.54, 1.807) is 13.1 Å². The summed E-state index contributed by atoms with van der Waals surface area (Å²) in [6, 6.07) is 16.6. The number of aromatic nitrogens is 2. The van der Waals surface area contributed by atoms with E-state index in [0.717, 1.165) is 22.3 Å². The molecule has 9 nitrogen and oxygen atoms in total. The highest BCUT2D eigenvalue weighted by Gasteiger charge is 2.44. The van der Waals surface area contributed by atoms with Crippen LogP contribution in [0.15, 0.2) is 60.8 Å². The van der Waals surface area contributed by atoms with Crippen LogP contribution in [0, 0.1) is 11.8 Å². The average molecular weight is 475 g/mol.